The maximum atomic E-state index is 10.0. The normalized spacial score (nSPS) is 7.14. The second-order valence-corrected chi connectivity index (χ2v) is 1.45. The summed E-state index contributed by atoms with van der Waals surface area (Å²) in [6.07, 6.45) is 1.72. The van der Waals surface area contributed by atoms with E-state index in [9.17, 15) is 4.79 Å². The Morgan fingerprint density at radius 2 is 2.00 bits per heavy atom. The third-order valence-corrected chi connectivity index (χ3v) is 0.602. The molecule has 0 atom stereocenters. The van der Waals surface area contributed by atoms with Gasteiger partial charge >= 0.3 is 0 Å². The highest BCUT2D eigenvalue weighted by Crippen LogP contribution is 1.84. The van der Waals surface area contributed by atoms with Crippen LogP contribution < -0.4 is 0 Å². The average molecular weight is 123 g/mol. The monoisotopic (exact) mass is 122 g/mol. The van der Waals surface area contributed by atoms with Crippen LogP contribution in [0.4, 0.5) is 0 Å². The fourth-order valence-electron chi connectivity index (χ4n) is 0.352. The van der Waals surface area contributed by atoms with Gasteiger partial charge in [0.05, 0.1) is 0 Å². The minimum absolute atomic E-state index is 0. The van der Waals surface area contributed by atoms with Crippen LogP contribution in [0.3, 0.4) is 0 Å². The summed E-state index contributed by atoms with van der Waals surface area (Å²) in [5, 5.41) is 0. The van der Waals surface area contributed by atoms with Gasteiger partial charge < -0.3 is 4.79 Å². The van der Waals surface area contributed by atoms with Gasteiger partial charge in [0.2, 0.25) is 0 Å². The highest BCUT2D eigenvalue weighted by molar-refractivity contribution is 5.85. The molecular weight excluding hydrogens is 112 g/mol. The molecule has 0 amide bonds. The molecule has 0 radical (unpaired) electrons. The zero-order valence-corrected chi connectivity index (χ0v) is 5.55. The quantitative estimate of drug-likeness (QED) is 0.546. The van der Waals surface area contributed by atoms with Crippen molar-refractivity contribution in [3.8, 4) is 0 Å². The van der Waals surface area contributed by atoms with E-state index in [-0.39, 0.29) is 18.2 Å². The summed E-state index contributed by atoms with van der Waals surface area (Å²) in [4.78, 5) is 10.0. The lowest BCUT2D eigenvalue weighted by molar-refractivity contribution is -0.117. The van der Waals surface area contributed by atoms with Gasteiger partial charge in [-0.2, -0.15) is 0 Å². The van der Waals surface area contributed by atoms with Crippen LogP contribution in [0.1, 0.15) is 26.7 Å². The first-order chi connectivity index (χ1) is 2.77. The second kappa shape index (κ2) is 5.96. The Bertz CT molecular complexity index is 52.0. The van der Waals surface area contributed by atoms with Crippen LogP contribution in [-0.2, 0) is 4.79 Å². The molecular formula is C5H11ClO. The summed E-state index contributed by atoms with van der Waals surface area (Å²) in [6.45, 7) is 3.62. The number of hydrogen-bond acceptors (Lipinski definition) is 1. The van der Waals surface area contributed by atoms with Crippen LogP contribution in [0.25, 0.3) is 0 Å². The van der Waals surface area contributed by atoms with E-state index in [4.69, 9.17) is 0 Å². The molecule has 0 bridgehead atoms. The summed E-state index contributed by atoms with van der Waals surface area (Å²) in [6, 6.07) is 0. The molecule has 0 aliphatic rings. The highest BCUT2D eigenvalue weighted by Gasteiger charge is 1.83. The average Bonchev–Trinajstić information content (AvgIpc) is 1.35. The van der Waals surface area contributed by atoms with Crippen molar-refractivity contribution in [1.29, 1.82) is 0 Å². The lowest BCUT2D eigenvalue weighted by atomic mass is 10.3. The van der Waals surface area contributed by atoms with Crippen LogP contribution >= 0.6 is 12.4 Å². The fourth-order valence-corrected chi connectivity index (χ4v) is 0.352. The molecule has 0 aromatic carbocycles. The Morgan fingerprint density at radius 1 is 1.57 bits per heavy atom. The number of carbonyl (C=O) groups excluding carboxylic acids is 1. The molecule has 0 saturated heterocycles. The lowest BCUT2D eigenvalue weighted by Gasteiger charge is -1.80. The number of carbonyl (C=O) groups is 1. The zero-order valence-electron chi connectivity index (χ0n) is 4.73. The van der Waals surface area contributed by atoms with Gasteiger partial charge in [-0.05, 0) is 13.3 Å². The van der Waals surface area contributed by atoms with Crippen molar-refractivity contribution < 1.29 is 4.79 Å². The summed E-state index contributed by atoms with van der Waals surface area (Å²) in [5.74, 6) is 0.289. The molecule has 0 unspecified atom stereocenters. The molecule has 0 fully saturated rings. The van der Waals surface area contributed by atoms with E-state index >= 15 is 0 Å². The maximum absolute atomic E-state index is 10.0. The van der Waals surface area contributed by atoms with Crippen molar-refractivity contribution in [2.24, 2.45) is 0 Å². The van der Waals surface area contributed by atoms with Crippen molar-refractivity contribution >= 4 is 18.2 Å². The Hall–Kier alpha value is -0.0400. The van der Waals surface area contributed by atoms with Crippen molar-refractivity contribution in [3.05, 3.63) is 0 Å². The zero-order chi connectivity index (χ0) is 4.99. The predicted octanol–water partition coefficient (Wildman–Crippen LogP) is 1.80. The minimum Gasteiger partial charge on any atom is -0.300 e. The number of ketones is 1. The topological polar surface area (TPSA) is 17.1 Å². The lowest BCUT2D eigenvalue weighted by Crippen LogP contribution is -1.84. The Balaban J connectivity index is 0. The molecule has 0 N–H and O–H groups in total. The van der Waals surface area contributed by atoms with Gasteiger partial charge in [0.15, 0.2) is 0 Å². The number of Topliss-reactive ketones (excluding diaryl/α,β-unsaturated/α-hetero) is 1. The number of rotatable bonds is 2. The van der Waals surface area contributed by atoms with Gasteiger partial charge in [-0.1, -0.05) is 6.92 Å². The SMILES string of the molecule is CCCC(C)=O.Cl. The van der Waals surface area contributed by atoms with Crippen LogP contribution in [0.15, 0.2) is 0 Å². The summed E-state index contributed by atoms with van der Waals surface area (Å²) in [5.41, 5.74) is 0. The molecule has 44 valence electrons. The summed E-state index contributed by atoms with van der Waals surface area (Å²) < 4.78 is 0. The highest BCUT2D eigenvalue weighted by atomic mass is 35.5. The molecule has 0 aliphatic carbocycles. The number of halogens is 1. The van der Waals surface area contributed by atoms with Crippen LogP contribution in [0.2, 0.25) is 0 Å². The largest absolute Gasteiger partial charge is 0.300 e. The van der Waals surface area contributed by atoms with Crippen LogP contribution in [0.5, 0.6) is 0 Å². The van der Waals surface area contributed by atoms with Gasteiger partial charge in [-0.25, -0.2) is 0 Å². The molecule has 0 saturated carbocycles. The minimum atomic E-state index is 0. The van der Waals surface area contributed by atoms with Gasteiger partial charge in [0.1, 0.15) is 5.78 Å². The Kier molecular flexibility index (Phi) is 8.56. The first kappa shape index (κ1) is 10.0. The first-order valence-electron chi connectivity index (χ1n) is 2.26. The van der Waals surface area contributed by atoms with Crippen molar-refractivity contribution in [3.63, 3.8) is 0 Å². The third kappa shape index (κ3) is 10.7. The van der Waals surface area contributed by atoms with Crippen molar-refractivity contribution in [2.45, 2.75) is 26.7 Å². The van der Waals surface area contributed by atoms with E-state index in [2.05, 4.69) is 0 Å². The Labute approximate surface area is 50.5 Å². The molecule has 0 heterocycles. The van der Waals surface area contributed by atoms with E-state index in [1.807, 2.05) is 6.92 Å². The smallest absolute Gasteiger partial charge is 0.129 e. The van der Waals surface area contributed by atoms with E-state index in [0.29, 0.717) is 0 Å². The summed E-state index contributed by atoms with van der Waals surface area (Å²) in [7, 11) is 0. The molecule has 7 heavy (non-hydrogen) atoms. The van der Waals surface area contributed by atoms with E-state index < -0.39 is 0 Å². The molecule has 0 aliphatic heterocycles. The molecule has 2 heteroatoms. The van der Waals surface area contributed by atoms with Crippen molar-refractivity contribution in [1.82, 2.24) is 0 Å². The van der Waals surface area contributed by atoms with Gasteiger partial charge in [-0.15, -0.1) is 12.4 Å². The van der Waals surface area contributed by atoms with Crippen LogP contribution in [0, 0.1) is 0 Å². The van der Waals surface area contributed by atoms with Crippen LogP contribution in [-0.4, -0.2) is 5.78 Å². The van der Waals surface area contributed by atoms with Gasteiger partial charge in [-0.3, -0.25) is 0 Å². The maximum Gasteiger partial charge on any atom is 0.129 e. The standard InChI is InChI=1S/C5H10O.ClH/c1-3-4-5(2)6;/h3-4H2,1-2H3;1H. The fraction of sp³-hybridized carbons (Fsp3) is 0.800. The predicted molar refractivity (Wildman–Crippen MR) is 32.8 cm³/mol. The molecule has 0 spiro atoms. The van der Waals surface area contributed by atoms with Crippen molar-refractivity contribution in [2.75, 3.05) is 0 Å². The summed E-state index contributed by atoms with van der Waals surface area (Å²) >= 11 is 0. The number of hydrogen-bond donors (Lipinski definition) is 0. The molecule has 1 nitrogen and oxygen atoms in total. The molecule has 0 rings (SSSR count). The Morgan fingerprint density at radius 3 is 2.00 bits per heavy atom. The second-order valence-electron chi connectivity index (χ2n) is 1.45. The van der Waals surface area contributed by atoms with Gasteiger partial charge in [0, 0.05) is 6.42 Å². The van der Waals surface area contributed by atoms with E-state index in [1.54, 1.807) is 6.92 Å². The van der Waals surface area contributed by atoms with Gasteiger partial charge in [0.25, 0.3) is 0 Å². The van der Waals surface area contributed by atoms with E-state index in [0.717, 1.165) is 12.8 Å². The molecule has 0 aromatic rings. The third-order valence-electron chi connectivity index (χ3n) is 0.602. The first-order valence-corrected chi connectivity index (χ1v) is 2.26. The molecule has 0 aromatic heterocycles. The van der Waals surface area contributed by atoms with E-state index in [1.165, 1.54) is 0 Å².